The largest absolute Gasteiger partial charge is 0.314 e. The minimum absolute atomic E-state index is 0. The number of hydrogen-bond acceptors (Lipinski definition) is 2. The van der Waals surface area contributed by atoms with E-state index in [1.54, 1.807) is 0 Å². The maximum atomic E-state index is 14.0. The van der Waals surface area contributed by atoms with Crippen molar-refractivity contribution in [3.8, 4) is 0 Å². The molecule has 1 fully saturated rings. The van der Waals surface area contributed by atoms with Crippen molar-refractivity contribution in [3.63, 3.8) is 0 Å². The van der Waals surface area contributed by atoms with E-state index in [1.807, 2.05) is 13.8 Å². The lowest BCUT2D eigenvalue weighted by Gasteiger charge is -2.36. The summed E-state index contributed by atoms with van der Waals surface area (Å²) in [6.45, 7) is 7.14. The summed E-state index contributed by atoms with van der Waals surface area (Å²) in [6, 6.07) is 1.21. The molecule has 128 valence electrons. The summed E-state index contributed by atoms with van der Waals surface area (Å²) in [5, 5.41) is 3.22. The average Bonchev–Trinajstić information content (AvgIpc) is 2.37. The molecule has 0 aliphatic carbocycles. The lowest BCUT2D eigenvalue weighted by Crippen LogP contribution is -2.45. The van der Waals surface area contributed by atoms with Crippen molar-refractivity contribution in [2.45, 2.75) is 26.3 Å². The van der Waals surface area contributed by atoms with Crippen LogP contribution in [0.5, 0.6) is 0 Å². The van der Waals surface area contributed by atoms with Crippen LogP contribution in [0.25, 0.3) is 0 Å². The molecule has 1 aromatic rings. The first-order valence-electron chi connectivity index (χ1n) is 7.08. The number of halogens is 5. The van der Waals surface area contributed by atoms with Gasteiger partial charge in [-0.1, -0.05) is 13.8 Å². The van der Waals surface area contributed by atoms with Crippen LogP contribution in [-0.4, -0.2) is 31.1 Å². The smallest absolute Gasteiger partial charge is 0.133 e. The lowest BCUT2D eigenvalue weighted by atomic mass is 9.94. The van der Waals surface area contributed by atoms with Crippen LogP contribution in [0.3, 0.4) is 0 Å². The molecule has 22 heavy (non-hydrogen) atoms. The summed E-state index contributed by atoms with van der Waals surface area (Å²) in [5.41, 5.74) is 0.00185. The Balaban J connectivity index is 0.00000220. The fourth-order valence-corrected chi connectivity index (χ4v) is 2.76. The van der Waals surface area contributed by atoms with Crippen LogP contribution in [0.15, 0.2) is 12.1 Å². The molecular weight excluding hydrogens is 336 g/mol. The van der Waals surface area contributed by atoms with Crippen molar-refractivity contribution in [3.05, 3.63) is 35.1 Å². The van der Waals surface area contributed by atoms with E-state index in [0.29, 0.717) is 12.3 Å². The van der Waals surface area contributed by atoms with Gasteiger partial charge in [0.15, 0.2) is 0 Å². The average molecular weight is 359 g/mol. The molecular formula is C15H23Cl2F3N2. The molecule has 1 atom stereocenters. The van der Waals surface area contributed by atoms with E-state index in [9.17, 15) is 13.2 Å². The highest BCUT2D eigenvalue weighted by Crippen LogP contribution is 2.32. The second-order valence-electron chi connectivity index (χ2n) is 5.71. The summed E-state index contributed by atoms with van der Waals surface area (Å²) in [4.78, 5) is 2.08. The zero-order chi connectivity index (χ0) is 14.7. The van der Waals surface area contributed by atoms with Gasteiger partial charge in [-0.25, -0.2) is 13.2 Å². The van der Waals surface area contributed by atoms with Gasteiger partial charge in [-0.15, -0.1) is 24.8 Å². The fraction of sp³-hybridized carbons (Fsp3) is 0.600. The van der Waals surface area contributed by atoms with Crippen LogP contribution in [0.2, 0.25) is 0 Å². The Hall–Kier alpha value is -0.490. The third kappa shape index (κ3) is 5.30. The maximum Gasteiger partial charge on any atom is 0.133 e. The van der Waals surface area contributed by atoms with E-state index >= 15 is 0 Å². The van der Waals surface area contributed by atoms with Gasteiger partial charge in [-0.05, 0) is 12.3 Å². The van der Waals surface area contributed by atoms with Crippen molar-refractivity contribution >= 4 is 24.8 Å². The summed E-state index contributed by atoms with van der Waals surface area (Å²) in [6.07, 6.45) is 0.652. The lowest BCUT2D eigenvalue weighted by molar-refractivity contribution is 0.147. The molecule has 1 N–H and O–H groups in total. The second-order valence-corrected chi connectivity index (χ2v) is 5.71. The van der Waals surface area contributed by atoms with Gasteiger partial charge in [0.2, 0.25) is 0 Å². The summed E-state index contributed by atoms with van der Waals surface area (Å²) < 4.78 is 41.2. The van der Waals surface area contributed by atoms with Gasteiger partial charge in [0.25, 0.3) is 0 Å². The van der Waals surface area contributed by atoms with E-state index in [0.717, 1.165) is 38.3 Å². The number of nitrogens with zero attached hydrogens (tertiary/aromatic N) is 1. The molecule has 0 radical (unpaired) electrons. The molecule has 0 amide bonds. The SMILES string of the molecule is CC(C)C[C@@H](c1c(F)cc(F)cc1F)N1CCNCC1.Cl.Cl. The Morgan fingerprint density at radius 3 is 2.00 bits per heavy atom. The number of hydrogen-bond donors (Lipinski definition) is 1. The highest BCUT2D eigenvalue weighted by atomic mass is 35.5. The van der Waals surface area contributed by atoms with Gasteiger partial charge < -0.3 is 5.32 Å². The first kappa shape index (κ1) is 21.5. The van der Waals surface area contributed by atoms with E-state index in [4.69, 9.17) is 0 Å². The van der Waals surface area contributed by atoms with Gasteiger partial charge in [0, 0.05) is 49.9 Å². The summed E-state index contributed by atoms with van der Waals surface area (Å²) in [7, 11) is 0. The quantitative estimate of drug-likeness (QED) is 0.876. The second kappa shape index (κ2) is 9.60. The van der Waals surface area contributed by atoms with E-state index in [1.165, 1.54) is 0 Å². The van der Waals surface area contributed by atoms with Crippen LogP contribution >= 0.6 is 24.8 Å². The van der Waals surface area contributed by atoms with Crippen molar-refractivity contribution in [2.24, 2.45) is 5.92 Å². The van der Waals surface area contributed by atoms with E-state index in [-0.39, 0.29) is 36.4 Å². The first-order chi connectivity index (χ1) is 9.49. The summed E-state index contributed by atoms with van der Waals surface area (Å²) >= 11 is 0. The number of piperazine rings is 1. The molecule has 1 saturated heterocycles. The molecule has 1 heterocycles. The Morgan fingerprint density at radius 2 is 1.55 bits per heavy atom. The van der Waals surface area contributed by atoms with Crippen LogP contribution in [-0.2, 0) is 0 Å². The normalized spacial score (nSPS) is 16.8. The monoisotopic (exact) mass is 358 g/mol. The van der Waals surface area contributed by atoms with Crippen molar-refractivity contribution in [2.75, 3.05) is 26.2 Å². The number of benzene rings is 1. The third-order valence-electron chi connectivity index (χ3n) is 3.66. The Kier molecular flexibility index (Phi) is 9.39. The molecule has 0 unspecified atom stereocenters. The first-order valence-corrected chi connectivity index (χ1v) is 7.08. The predicted octanol–water partition coefficient (Wildman–Crippen LogP) is 3.94. The zero-order valence-corrected chi connectivity index (χ0v) is 14.4. The zero-order valence-electron chi connectivity index (χ0n) is 12.7. The van der Waals surface area contributed by atoms with Crippen LogP contribution in [0.4, 0.5) is 13.2 Å². The van der Waals surface area contributed by atoms with Crippen molar-refractivity contribution < 1.29 is 13.2 Å². The molecule has 0 bridgehead atoms. The van der Waals surface area contributed by atoms with Crippen LogP contribution in [0.1, 0.15) is 31.9 Å². The molecule has 1 aromatic carbocycles. The molecule has 1 aliphatic heterocycles. The topological polar surface area (TPSA) is 15.3 Å². The fourth-order valence-electron chi connectivity index (χ4n) is 2.76. The Labute approximate surface area is 142 Å². The van der Waals surface area contributed by atoms with Gasteiger partial charge in [0.05, 0.1) is 0 Å². The van der Waals surface area contributed by atoms with Crippen molar-refractivity contribution in [1.82, 2.24) is 10.2 Å². The minimum atomic E-state index is -0.868. The standard InChI is InChI=1S/C15H21F3N2.2ClH/c1-10(2)7-14(20-5-3-19-4-6-20)15-12(17)8-11(16)9-13(15)18;;/h8-10,14,19H,3-7H2,1-2H3;2*1H/t14-;;/m0../s1. The Bertz CT molecular complexity index is 443. The molecule has 0 spiro atoms. The Morgan fingerprint density at radius 1 is 1.05 bits per heavy atom. The molecule has 1 aliphatic rings. The minimum Gasteiger partial charge on any atom is -0.314 e. The number of nitrogens with one attached hydrogen (secondary N) is 1. The predicted molar refractivity (Wildman–Crippen MR) is 87.5 cm³/mol. The molecule has 2 nitrogen and oxygen atoms in total. The number of rotatable bonds is 4. The molecule has 7 heteroatoms. The van der Waals surface area contributed by atoms with Crippen LogP contribution < -0.4 is 5.32 Å². The van der Waals surface area contributed by atoms with Gasteiger partial charge in [-0.3, -0.25) is 4.90 Å². The van der Waals surface area contributed by atoms with Gasteiger partial charge >= 0.3 is 0 Å². The van der Waals surface area contributed by atoms with E-state index < -0.39 is 17.5 Å². The molecule has 2 rings (SSSR count). The van der Waals surface area contributed by atoms with Crippen molar-refractivity contribution in [1.29, 1.82) is 0 Å². The van der Waals surface area contributed by atoms with Crippen LogP contribution in [0, 0.1) is 23.4 Å². The van der Waals surface area contributed by atoms with Gasteiger partial charge in [-0.2, -0.15) is 0 Å². The maximum absolute atomic E-state index is 14.0. The highest BCUT2D eigenvalue weighted by Gasteiger charge is 2.28. The van der Waals surface area contributed by atoms with Gasteiger partial charge in [0.1, 0.15) is 17.5 Å². The summed E-state index contributed by atoms with van der Waals surface area (Å²) in [5.74, 6) is -2.13. The third-order valence-corrected chi connectivity index (χ3v) is 3.66. The molecule has 0 saturated carbocycles. The highest BCUT2D eigenvalue weighted by molar-refractivity contribution is 5.85. The molecule has 0 aromatic heterocycles. The van der Waals surface area contributed by atoms with E-state index in [2.05, 4.69) is 10.2 Å².